The number of carbonyl (C=O) groups excluding carboxylic acids is 1. The fourth-order valence-corrected chi connectivity index (χ4v) is 1.56. The van der Waals surface area contributed by atoms with Gasteiger partial charge in [-0.3, -0.25) is 9.48 Å². The van der Waals surface area contributed by atoms with Crippen LogP contribution in [-0.2, 0) is 6.54 Å². The number of para-hydroxylation sites is 1. The lowest BCUT2D eigenvalue weighted by molar-refractivity contribution is 0.102. The van der Waals surface area contributed by atoms with Crippen molar-refractivity contribution in [3.05, 3.63) is 47.8 Å². The second-order valence-electron chi connectivity index (χ2n) is 3.83. The molecule has 17 heavy (non-hydrogen) atoms. The van der Waals surface area contributed by atoms with E-state index in [0.29, 0.717) is 5.69 Å². The molecule has 0 aliphatic rings. The summed E-state index contributed by atoms with van der Waals surface area (Å²) in [6, 6.07) is 9.39. The number of hydrogen-bond acceptors (Lipinski definition) is 2. The van der Waals surface area contributed by atoms with Crippen molar-refractivity contribution in [1.29, 1.82) is 0 Å². The van der Waals surface area contributed by atoms with Crippen molar-refractivity contribution < 1.29 is 4.79 Å². The first-order chi connectivity index (χ1) is 8.20. The molecule has 0 atom stereocenters. The molecule has 0 fully saturated rings. The molecule has 2 rings (SSSR count). The second-order valence-corrected chi connectivity index (χ2v) is 3.83. The van der Waals surface area contributed by atoms with Crippen LogP contribution in [0, 0.1) is 6.92 Å². The van der Waals surface area contributed by atoms with Crippen molar-refractivity contribution >= 4 is 11.6 Å². The number of rotatable bonds is 3. The molecule has 0 aliphatic heterocycles. The van der Waals surface area contributed by atoms with Crippen LogP contribution in [0.2, 0.25) is 0 Å². The van der Waals surface area contributed by atoms with Gasteiger partial charge in [0.15, 0.2) is 5.69 Å². The smallest absolute Gasteiger partial charge is 0.276 e. The van der Waals surface area contributed by atoms with Crippen LogP contribution in [0.25, 0.3) is 0 Å². The van der Waals surface area contributed by atoms with Gasteiger partial charge in [0.2, 0.25) is 0 Å². The summed E-state index contributed by atoms with van der Waals surface area (Å²) in [5, 5.41) is 7.01. The first-order valence-electron chi connectivity index (χ1n) is 5.61. The first kappa shape index (κ1) is 11.4. The molecule has 0 aliphatic carbocycles. The Morgan fingerprint density at radius 3 is 2.76 bits per heavy atom. The number of amides is 1. The third-order valence-corrected chi connectivity index (χ3v) is 2.59. The molecule has 0 saturated carbocycles. The average Bonchev–Trinajstić information content (AvgIpc) is 2.81. The molecule has 0 saturated heterocycles. The van der Waals surface area contributed by atoms with Crippen molar-refractivity contribution in [3.63, 3.8) is 0 Å². The number of anilines is 1. The van der Waals surface area contributed by atoms with E-state index in [1.165, 1.54) is 0 Å². The SMILES string of the molecule is CCn1ccc(C(=O)Nc2ccccc2C)n1. The van der Waals surface area contributed by atoms with E-state index in [0.717, 1.165) is 17.8 Å². The highest BCUT2D eigenvalue weighted by Gasteiger charge is 2.10. The normalized spacial score (nSPS) is 10.2. The van der Waals surface area contributed by atoms with E-state index in [2.05, 4.69) is 10.4 Å². The Balaban J connectivity index is 2.14. The number of nitrogens with zero attached hydrogens (tertiary/aromatic N) is 2. The molecule has 0 unspecified atom stereocenters. The fourth-order valence-electron chi connectivity index (χ4n) is 1.56. The summed E-state index contributed by atoms with van der Waals surface area (Å²) in [5.41, 5.74) is 2.30. The standard InChI is InChI=1S/C13H15N3O/c1-3-16-9-8-12(15-16)13(17)14-11-7-5-4-6-10(11)2/h4-9H,3H2,1-2H3,(H,14,17). The summed E-state index contributed by atoms with van der Waals surface area (Å²) in [4.78, 5) is 11.9. The van der Waals surface area contributed by atoms with E-state index in [4.69, 9.17) is 0 Å². The number of carbonyl (C=O) groups is 1. The minimum absolute atomic E-state index is 0.175. The second kappa shape index (κ2) is 4.82. The molecular weight excluding hydrogens is 214 g/mol. The molecular formula is C13H15N3O. The Kier molecular flexibility index (Phi) is 3.23. The van der Waals surface area contributed by atoms with Crippen LogP contribution in [0.5, 0.6) is 0 Å². The zero-order valence-electron chi connectivity index (χ0n) is 9.97. The van der Waals surface area contributed by atoms with E-state index in [-0.39, 0.29) is 5.91 Å². The van der Waals surface area contributed by atoms with E-state index >= 15 is 0 Å². The number of aryl methyl sites for hydroxylation is 2. The van der Waals surface area contributed by atoms with Crippen LogP contribution in [0.15, 0.2) is 36.5 Å². The van der Waals surface area contributed by atoms with Crippen molar-refractivity contribution in [2.45, 2.75) is 20.4 Å². The zero-order chi connectivity index (χ0) is 12.3. The van der Waals surface area contributed by atoms with Crippen molar-refractivity contribution in [2.75, 3.05) is 5.32 Å². The lowest BCUT2D eigenvalue weighted by Gasteiger charge is -2.06. The molecule has 4 heteroatoms. The maximum Gasteiger partial charge on any atom is 0.276 e. The van der Waals surface area contributed by atoms with Gasteiger partial charge in [-0.15, -0.1) is 0 Å². The maximum absolute atomic E-state index is 11.9. The van der Waals surface area contributed by atoms with Gasteiger partial charge in [0.05, 0.1) is 0 Å². The molecule has 1 aromatic heterocycles. The highest BCUT2D eigenvalue weighted by molar-refractivity contribution is 6.03. The molecule has 1 aromatic carbocycles. The lowest BCUT2D eigenvalue weighted by atomic mass is 10.2. The minimum atomic E-state index is -0.175. The summed E-state index contributed by atoms with van der Waals surface area (Å²) < 4.78 is 1.73. The zero-order valence-corrected chi connectivity index (χ0v) is 9.97. The molecule has 4 nitrogen and oxygen atoms in total. The van der Waals surface area contributed by atoms with Crippen LogP contribution in [-0.4, -0.2) is 15.7 Å². The molecule has 0 bridgehead atoms. The average molecular weight is 229 g/mol. The predicted molar refractivity (Wildman–Crippen MR) is 67.0 cm³/mol. The van der Waals surface area contributed by atoms with Crippen LogP contribution in [0.1, 0.15) is 23.0 Å². The molecule has 1 heterocycles. The van der Waals surface area contributed by atoms with Crippen LogP contribution < -0.4 is 5.32 Å². The number of benzene rings is 1. The van der Waals surface area contributed by atoms with Gasteiger partial charge in [0, 0.05) is 18.4 Å². The number of nitrogens with one attached hydrogen (secondary N) is 1. The van der Waals surface area contributed by atoms with Crippen LogP contribution >= 0.6 is 0 Å². The number of aromatic nitrogens is 2. The molecule has 1 N–H and O–H groups in total. The van der Waals surface area contributed by atoms with Crippen molar-refractivity contribution in [2.24, 2.45) is 0 Å². The maximum atomic E-state index is 11.9. The van der Waals surface area contributed by atoms with Gasteiger partial charge in [-0.25, -0.2) is 0 Å². The first-order valence-corrected chi connectivity index (χ1v) is 5.61. The van der Waals surface area contributed by atoms with E-state index in [1.54, 1.807) is 16.9 Å². The highest BCUT2D eigenvalue weighted by Crippen LogP contribution is 2.14. The van der Waals surface area contributed by atoms with Crippen LogP contribution in [0.3, 0.4) is 0 Å². The molecule has 0 spiro atoms. The fraction of sp³-hybridized carbons (Fsp3) is 0.231. The summed E-state index contributed by atoms with van der Waals surface area (Å²) in [6.45, 7) is 4.70. The van der Waals surface area contributed by atoms with E-state index in [9.17, 15) is 4.79 Å². The minimum Gasteiger partial charge on any atom is -0.320 e. The number of hydrogen-bond donors (Lipinski definition) is 1. The highest BCUT2D eigenvalue weighted by atomic mass is 16.1. The van der Waals surface area contributed by atoms with Gasteiger partial charge in [-0.1, -0.05) is 18.2 Å². The third-order valence-electron chi connectivity index (χ3n) is 2.59. The largest absolute Gasteiger partial charge is 0.320 e. The Hall–Kier alpha value is -2.10. The molecule has 1 amide bonds. The van der Waals surface area contributed by atoms with Crippen LogP contribution in [0.4, 0.5) is 5.69 Å². The van der Waals surface area contributed by atoms with E-state index < -0.39 is 0 Å². The predicted octanol–water partition coefficient (Wildman–Crippen LogP) is 2.46. The summed E-state index contributed by atoms with van der Waals surface area (Å²) >= 11 is 0. The van der Waals surface area contributed by atoms with Gasteiger partial charge < -0.3 is 5.32 Å². The van der Waals surface area contributed by atoms with Gasteiger partial charge >= 0.3 is 0 Å². The third kappa shape index (κ3) is 2.53. The van der Waals surface area contributed by atoms with Gasteiger partial charge in [-0.2, -0.15) is 5.10 Å². The molecule has 0 radical (unpaired) electrons. The van der Waals surface area contributed by atoms with Crippen molar-refractivity contribution in [3.8, 4) is 0 Å². The van der Waals surface area contributed by atoms with Gasteiger partial charge in [0.25, 0.3) is 5.91 Å². The lowest BCUT2D eigenvalue weighted by Crippen LogP contribution is -2.14. The Morgan fingerprint density at radius 1 is 1.35 bits per heavy atom. The quantitative estimate of drug-likeness (QED) is 0.878. The summed E-state index contributed by atoms with van der Waals surface area (Å²) in [6.07, 6.45) is 1.80. The monoisotopic (exact) mass is 229 g/mol. The topological polar surface area (TPSA) is 46.9 Å². The van der Waals surface area contributed by atoms with E-state index in [1.807, 2.05) is 38.1 Å². The van der Waals surface area contributed by atoms with Gasteiger partial charge in [-0.05, 0) is 31.5 Å². The van der Waals surface area contributed by atoms with Crippen molar-refractivity contribution in [1.82, 2.24) is 9.78 Å². The Labute approximate surface area is 100 Å². The Bertz CT molecular complexity index is 531. The summed E-state index contributed by atoms with van der Waals surface area (Å²) in [5.74, 6) is -0.175. The Morgan fingerprint density at radius 2 is 2.12 bits per heavy atom. The van der Waals surface area contributed by atoms with Gasteiger partial charge in [0.1, 0.15) is 0 Å². The summed E-state index contributed by atoms with van der Waals surface area (Å²) in [7, 11) is 0. The molecule has 88 valence electrons. The molecule has 2 aromatic rings.